The van der Waals surface area contributed by atoms with Gasteiger partial charge in [0.05, 0.1) is 6.20 Å². The van der Waals surface area contributed by atoms with Crippen molar-refractivity contribution in [3.8, 4) is 0 Å². The number of nitrogens with zero attached hydrogens (tertiary/aromatic N) is 5. The first-order valence-electron chi connectivity index (χ1n) is 7.32. The standard InChI is InChI=1S/C16H16FN5O2/c1-20(8-11-5-3-4-6-13(11)17)14(23)9-22-10-18-15-12(16(22)24)7-19-21(15)2/h3-7,10H,8-9H2,1-2H3. The van der Waals surface area contributed by atoms with E-state index >= 15 is 0 Å². The van der Waals surface area contributed by atoms with Gasteiger partial charge in [-0.05, 0) is 6.07 Å². The second kappa shape index (κ2) is 6.23. The van der Waals surface area contributed by atoms with Gasteiger partial charge in [0.1, 0.15) is 24.1 Å². The Balaban J connectivity index is 1.78. The molecule has 2 heterocycles. The Labute approximate surface area is 136 Å². The lowest BCUT2D eigenvalue weighted by molar-refractivity contribution is -0.131. The molecule has 0 unspecified atom stereocenters. The Kier molecular flexibility index (Phi) is 4.11. The van der Waals surface area contributed by atoms with Crippen LogP contribution < -0.4 is 5.56 Å². The monoisotopic (exact) mass is 329 g/mol. The molecule has 0 fully saturated rings. The molecule has 0 saturated heterocycles. The smallest absolute Gasteiger partial charge is 0.264 e. The number of hydrogen-bond donors (Lipinski definition) is 0. The summed E-state index contributed by atoms with van der Waals surface area (Å²) >= 11 is 0. The molecule has 0 aliphatic heterocycles. The van der Waals surface area contributed by atoms with Gasteiger partial charge in [0.15, 0.2) is 5.65 Å². The molecule has 24 heavy (non-hydrogen) atoms. The maximum absolute atomic E-state index is 13.7. The maximum atomic E-state index is 13.7. The second-order valence-electron chi connectivity index (χ2n) is 5.52. The number of fused-ring (bicyclic) bond motifs is 1. The fourth-order valence-corrected chi connectivity index (χ4v) is 2.42. The average molecular weight is 329 g/mol. The molecule has 1 aromatic carbocycles. The largest absolute Gasteiger partial charge is 0.340 e. The summed E-state index contributed by atoms with van der Waals surface area (Å²) in [5.74, 6) is -0.682. The van der Waals surface area contributed by atoms with Crippen LogP contribution in [0.25, 0.3) is 11.0 Å². The first-order chi connectivity index (χ1) is 11.5. The van der Waals surface area contributed by atoms with Crippen LogP contribution in [-0.2, 0) is 24.9 Å². The first-order valence-corrected chi connectivity index (χ1v) is 7.32. The van der Waals surface area contributed by atoms with Crippen LogP contribution in [0, 0.1) is 5.82 Å². The van der Waals surface area contributed by atoms with Crippen molar-refractivity contribution in [3.63, 3.8) is 0 Å². The Morgan fingerprint density at radius 3 is 2.83 bits per heavy atom. The Bertz CT molecular complexity index is 963. The van der Waals surface area contributed by atoms with Crippen molar-refractivity contribution in [2.75, 3.05) is 7.05 Å². The minimum absolute atomic E-state index is 0.128. The second-order valence-corrected chi connectivity index (χ2v) is 5.52. The molecule has 0 N–H and O–H groups in total. The topological polar surface area (TPSA) is 73.0 Å². The van der Waals surface area contributed by atoms with E-state index in [1.807, 2.05) is 0 Å². The number of aryl methyl sites for hydroxylation is 1. The number of amides is 1. The summed E-state index contributed by atoms with van der Waals surface area (Å²) in [6.07, 6.45) is 2.75. The lowest BCUT2D eigenvalue weighted by atomic mass is 10.2. The Morgan fingerprint density at radius 2 is 2.08 bits per heavy atom. The number of hydrogen-bond acceptors (Lipinski definition) is 4. The molecule has 1 amide bonds. The lowest BCUT2D eigenvalue weighted by Crippen LogP contribution is -2.33. The van der Waals surface area contributed by atoms with E-state index in [2.05, 4.69) is 10.1 Å². The van der Waals surface area contributed by atoms with Crippen molar-refractivity contribution >= 4 is 16.9 Å². The number of likely N-dealkylation sites (N-methyl/N-ethyl adjacent to an activating group) is 1. The summed E-state index contributed by atoms with van der Waals surface area (Å²) < 4.78 is 16.4. The van der Waals surface area contributed by atoms with Gasteiger partial charge in [0.25, 0.3) is 5.56 Å². The first kappa shape index (κ1) is 15.9. The molecule has 0 bridgehead atoms. The fraction of sp³-hybridized carbons (Fsp3) is 0.250. The van der Waals surface area contributed by atoms with Crippen molar-refractivity contribution in [1.82, 2.24) is 24.2 Å². The van der Waals surface area contributed by atoms with E-state index in [-0.39, 0.29) is 30.4 Å². The highest BCUT2D eigenvalue weighted by atomic mass is 19.1. The zero-order chi connectivity index (χ0) is 17.3. The highest BCUT2D eigenvalue weighted by Crippen LogP contribution is 2.09. The lowest BCUT2D eigenvalue weighted by Gasteiger charge is -2.18. The van der Waals surface area contributed by atoms with Crippen molar-refractivity contribution < 1.29 is 9.18 Å². The third kappa shape index (κ3) is 2.90. The summed E-state index contributed by atoms with van der Waals surface area (Å²) in [6.45, 7) is -0.0373. The number of carbonyl (C=O) groups is 1. The number of carbonyl (C=O) groups excluding carboxylic acids is 1. The molecule has 0 saturated carbocycles. The maximum Gasteiger partial charge on any atom is 0.264 e. The van der Waals surface area contributed by atoms with Gasteiger partial charge in [-0.2, -0.15) is 5.10 Å². The third-order valence-corrected chi connectivity index (χ3v) is 3.81. The number of halogens is 1. The molecule has 0 spiro atoms. The van der Waals surface area contributed by atoms with Gasteiger partial charge in [-0.1, -0.05) is 18.2 Å². The number of aromatic nitrogens is 4. The van der Waals surface area contributed by atoms with E-state index in [9.17, 15) is 14.0 Å². The van der Waals surface area contributed by atoms with Gasteiger partial charge >= 0.3 is 0 Å². The molecule has 3 rings (SSSR count). The summed E-state index contributed by atoms with van der Waals surface area (Å²) in [5, 5.41) is 4.33. The van der Waals surface area contributed by atoms with E-state index in [0.29, 0.717) is 16.6 Å². The molecule has 0 aliphatic carbocycles. The summed E-state index contributed by atoms with van der Waals surface area (Å²) in [5.41, 5.74) is 0.547. The zero-order valence-electron chi connectivity index (χ0n) is 13.3. The molecule has 2 aromatic heterocycles. The predicted molar refractivity (Wildman–Crippen MR) is 85.6 cm³/mol. The highest BCUT2D eigenvalue weighted by molar-refractivity contribution is 5.77. The van der Waals surface area contributed by atoms with Crippen molar-refractivity contribution in [2.24, 2.45) is 7.05 Å². The van der Waals surface area contributed by atoms with Gasteiger partial charge < -0.3 is 4.90 Å². The van der Waals surface area contributed by atoms with Crippen LogP contribution in [-0.4, -0.2) is 37.2 Å². The molecule has 0 aliphatic rings. The molecule has 124 valence electrons. The Hall–Kier alpha value is -3.03. The van der Waals surface area contributed by atoms with E-state index < -0.39 is 0 Å². The van der Waals surface area contributed by atoms with Crippen LogP contribution in [0.5, 0.6) is 0 Å². The molecule has 0 atom stereocenters. The molecular weight excluding hydrogens is 313 g/mol. The minimum Gasteiger partial charge on any atom is -0.340 e. The molecule has 0 radical (unpaired) electrons. The Morgan fingerprint density at radius 1 is 1.33 bits per heavy atom. The molecular formula is C16H16FN5O2. The zero-order valence-corrected chi connectivity index (χ0v) is 13.3. The molecule has 8 heteroatoms. The summed E-state index contributed by atoms with van der Waals surface area (Å²) in [4.78, 5) is 30.2. The SMILES string of the molecule is CN(Cc1ccccc1F)C(=O)Cn1cnc2c(cnn2C)c1=O. The van der Waals surface area contributed by atoms with Crippen LogP contribution in [0.1, 0.15) is 5.56 Å². The predicted octanol–water partition coefficient (Wildman–Crippen LogP) is 0.928. The highest BCUT2D eigenvalue weighted by Gasteiger charge is 2.15. The summed E-state index contributed by atoms with van der Waals surface area (Å²) in [6, 6.07) is 6.27. The van der Waals surface area contributed by atoms with Gasteiger partial charge in [-0.25, -0.2) is 9.37 Å². The normalized spacial score (nSPS) is 11.0. The van der Waals surface area contributed by atoms with Crippen LogP contribution in [0.4, 0.5) is 4.39 Å². The van der Waals surface area contributed by atoms with Crippen molar-refractivity contribution in [1.29, 1.82) is 0 Å². The molecule has 3 aromatic rings. The average Bonchev–Trinajstić information content (AvgIpc) is 2.94. The number of rotatable bonds is 4. The third-order valence-electron chi connectivity index (χ3n) is 3.81. The van der Waals surface area contributed by atoms with Gasteiger partial charge in [-0.15, -0.1) is 0 Å². The van der Waals surface area contributed by atoms with Gasteiger partial charge in [0.2, 0.25) is 5.91 Å². The van der Waals surface area contributed by atoms with E-state index in [1.54, 1.807) is 32.3 Å². The van der Waals surface area contributed by atoms with Crippen molar-refractivity contribution in [3.05, 3.63) is 58.5 Å². The fourth-order valence-electron chi connectivity index (χ4n) is 2.42. The van der Waals surface area contributed by atoms with Crippen LogP contribution >= 0.6 is 0 Å². The van der Waals surface area contributed by atoms with Crippen LogP contribution in [0.2, 0.25) is 0 Å². The summed E-state index contributed by atoms with van der Waals surface area (Å²) in [7, 11) is 3.25. The number of benzene rings is 1. The van der Waals surface area contributed by atoms with Gasteiger partial charge in [0, 0.05) is 26.2 Å². The van der Waals surface area contributed by atoms with E-state index in [1.165, 1.54) is 32.7 Å². The van der Waals surface area contributed by atoms with Crippen molar-refractivity contribution in [2.45, 2.75) is 13.1 Å². The quantitative estimate of drug-likeness (QED) is 0.714. The molecule has 7 nitrogen and oxygen atoms in total. The van der Waals surface area contributed by atoms with Crippen LogP contribution in [0.15, 0.2) is 41.6 Å². The minimum atomic E-state index is -0.368. The van der Waals surface area contributed by atoms with Gasteiger partial charge in [-0.3, -0.25) is 18.8 Å². The van der Waals surface area contributed by atoms with Crippen LogP contribution in [0.3, 0.4) is 0 Å². The van der Waals surface area contributed by atoms with E-state index in [0.717, 1.165) is 0 Å². The van der Waals surface area contributed by atoms with E-state index in [4.69, 9.17) is 0 Å².